The molecule has 0 atom stereocenters. The molecular formula is C16H16N2O5. The van der Waals surface area contributed by atoms with Crippen molar-refractivity contribution in [1.29, 1.82) is 0 Å². The standard InChI is InChI=1S/C16H16N2O5/c1-10-5-6-11(15(20)22-2)8-13(10)18-14(19)9-23-16(21)12-4-3-7-17-12/h3-8,17H,9H2,1-2H3,(H,18,19). The van der Waals surface area contributed by atoms with Crippen molar-refractivity contribution in [2.45, 2.75) is 6.92 Å². The monoisotopic (exact) mass is 316 g/mol. The minimum atomic E-state index is -0.620. The highest BCUT2D eigenvalue weighted by molar-refractivity contribution is 5.97. The van der Waals surface area contributed by atoms with E-state index in [1.807, 2.05) is 0 Å². The molecule has 0 spiro atoms. The van der Waals surface area contributed by atoms with Gasteiger partial charge in [0.05, 0.1) is 12.7 Å². The smallest absolute Gasteiger partial charge is 0.355 e. The second-order valence-electron chi connectivity index (χ2n) is 4.73. The number of aryl methyl sites for hydroxylation is 1. The van der Waals surface area contributed by atoms with Gasteiger partial charge in [-0.05, 0) is 36.8 Å². The lowest BCUT2D eigenvalue weighted by Crippen LogP contribution is -2.21. The van der Waals surface area contributed by atoms with Gasteiger partial charge in [0.25, 0.3) is 5.91 Å². The predicted octanol–water partition coefficient (Wildman–Crippen LogP) is 1.91. The maximum absolute atomic E-state index is 11.9. The Hall–Kier alpha value is -3.09. The number of carbonyl (C=O) groups excluding carboxylic acids is 3. The van der Waals surface area contributed by atoms with Crippen molar-refractivity contribution < 1.29 is 23.9 Å². The number of esters is 2. The molecule has 120 valence electrons. The zero-order valence-corrected chi connectivity index (χ0v) is 12.7. The van der Waals surface area contributed by atoms with Crippen LogP contribution in [-0.4, -0.2) is 36.5 Å². The molecule has 0 saturated heterocycles. The molecule has 1 amide bonds. The summed E-state index contributed by atoms with van der Waals surface area (Å²) in [6, 6.07) is 7.99. The third-order valence-electron chi connectivity index (χ3n) is 3.08. The van der Waals surface area contributed by atoms with Crippen molar-refractivity contribution in [3.8, 4) is 0 Å². The van der Waals surface area contributed by atoms with Gasteiger partial charge in [-0.25, -0.2) is 9.59 Å². The van der Waals surface area contributed by atoms with Gasteiger partial charge in [0.1, 0.15) is 5.69 Å². The molecule has 0 aliphatic heterocycles. The number of nitrogens with one attached hydrogen (secondary N) is 2. The Morgan fingerprint density at radius 1 is 1.17 bits per heavy atom. The van der Waals surface area contributed by atoms with Crippen LogP contribution >= 0.6 is 0 Å². The first-order valence-corrected chi connectivity index (χ1v) is 6.80. The van der Waals surface area contributed by atoms with E-state index in [2.05, 4.69) is 15.0 Å². The van der Waals surface area contributed by atoms with E-state index in [1.54, 1.807) is 37.4 Å². The van der Waals surface area contributed by atoms with Crippen LogP contribution in [0.15, 0.2) is 36.5 Å². The summed E-state index contributed by atoms with van der Waals surface area (Å²) in [5.41, 5.74) is 1.80. The van der Waals surface area contributed by atoms with Crippen LogP contribution in [0.25, 0.3) is 0 Å². The van der Waals surface area contributed by atoms with Crippen molar-refractivity contribution in [2.24, 2.45) is 0 Å². The van der Waals surface area contributed by atoms with Crippen LogP contribution in [-0.2, 0) is 14.3 Å². The van der Waals surface area contributed by atoms with Gasteiger partial charge in [0.2, 0.25) is 0 Å². The molecule has 0 aliphatic carbocycles. The molecule has 0 bridgehead atoms. The summed E-state index contributed by atoms with van der Waals surface area (Å²) in [4.78, 5) is 37.7. The molecule has 2 rings (SSSR count). The van der Waals surface area contributed by atoms with E-state index in [9.17, 15) is 14.4 Å². The number of hydrogen-bond acceptors (Lipinski definition) is 5. The van der Waals surface area contributed by atoms with Crippen LogP contribution in [0.5, 0.6) is 0 Å². The highest BCUT2D eigenvalue weighted by Crippen LogP contribution is 2.17. The number of amides is 1. The molecule has 7 nitrogen and oxygen atoms in total. The van der Waals surface area contributed by atoms with E-state index >= 15 is 0 Å². The highest BCUT2D eigenvalue weighted by Gasteiger charge is 2.13. The van der Waals surface area contributed by atoms with Crippen LogP contribution in [0.1, 0.15) is 26.4 Å². The highest BCUT2D eigenvalue weighted by atomic mass is 16.5. The first kappa shape index (κ1) is 16.3. The van der Waals surface area contributed by atoms with Crippen molar-refractivity contribution in [3.63, 3.8) is 0 Å². The number of carbonyl (C=O) groups is 3. The quantitative estimate of drug-likeness (QED) is 0.821. The van der Waals surface area contributed by atoms with E-state index in [0.717, 1.165) is 5.56 Å². The number of benzene rings is 1. The van der Waals surface area contributed by atoms with E-state index < -0.39 is 24.5 Å². The fourth-order valence-electron chi connectivity index (χ4n) is 1.85. The summed E-state index contributed by atoms with van der Waals surface area (Å²) in [6.45, 7) is 1.35. The van der Waals surface area contributed by atoms with E-state index in [1.165, 1.54) is 13.2 Å². The van der Waals surface area contributed by atoms with Gasteiger partial charge < -0.3 is 19.8 Å². The van der Waals surface area contributed by atoms with Gasteiger partial charge in [0.15, 0.2) is 6.61 Å². The molecule has 7 heteroatoms. The maximum atomic E-state index is 11.9. The summed E-state index contributed by atoms with van der Waals surface area (Å²) in [5, 5.41) is 2.60. The molecular weight excluding hydrogens is 300 g/mol. The molecule has 0 saturated carbocycles. The van der Waals surface area contributed by atoms with Crippen molar-refractivity contribution in [3.05, 3.63) is 53.3 Å². The number of aromatic amines is 1. The minimum absolute atomic E-state index is 0.265. The number of anilines is 1. The molecule has 0 fully saturated rings. The molecule has 1 aromatic carbocycles. The average molecular weight is 316 g/mol. The fourth-order valence-corrected chi connectivity index (χ4v) is 1.85. The van der Waals surface area contributed by atoms with E-state index in [-0.39, 0.29) is 5.69 Å². The van der Waals surface area contributed by atoms with Crippen LogP contribution in [0, 0.1) is 6.92 Å². The lowest BCUT2D eigenvalue weighted by Gasteiger charge is -2.10. The van der Waals surface area contributed by atoms with Crippen molar-refractivity contribution in [2.75, 3.05) is 19.0 Å². The van der Waals surface area contributed by atoms with E-state index in [0.29, 0.717) is 11.3 Å². The number of methoxy groups -OCH3 is 1. The Morgan fingerprint density at radius 3 is 2.61 bits per heavy atom. The summed E-state index contributed by atoms with van der Waals surface area (Å²) < 4.78 is 9.52. The van der Waals surface area contributed by atoms with Crippen molar-refractivity contribution in [1.82, 2.24) is 4.98 Å². The first-order valence-electron chi connectivity index (χ1n) is 6.80. The Bertz CT molecular complexity index is 722. The SMILES string of the molecule is COC(=O)c1ccc(C)c(NC(=O)COC(=O)c2ccc[nH]2)c1. The third-order valence-corrected chi connectivity index (χ3v) is 3.08. The number of aromatic nitrogens is 1. The van der Waals surface area contributed by atoms with Gasteiger partial charge in [-0.15, -0.1) is 0 Å². The molecule has 0 radical (unpaired) electrons. The second-order valence-corrected chi connectivity index (χ2v) is 4.73. The van der Waals surface area contributed by atoms with Gasteiger partial charge in [-0.3, -0.25) is 4.79 Å². The predicted molar refractivity (Wildman–Crippen MR) is 82.2 cm³/mol. The summed E-state index contributed by atoms with van der Waals surface area (Å²) in [6.07, 6.45) is 1.58. The molecule has 1 heterocycles. The normalized spacial score (nSPS) is 10.0. The second kappa shape index (κ2) is 7.26. The topological polar surface area (TPSA) is 97.5 Å². The first-order chi connectivity index (χ1) is 11.0. The Kier molecular flexibility index (Phi) is 5.14. The lowest BCUT2D eigenvalue weighted by molar-refractivity contribution is -0.119. The zero-order chi connectivity index (χ0) is 16.8. The molecule has 0 unspecified atom stereocenters. The number of H-pyrrole nitrogens is 1. The van der Waals surface area contributed by atoms with Crippen LogP contribution in [0.4, 0.5) is 5.69 Å². The minimum Gasteiger partial charge on any atom is -0.465 e. The average Bonchev–Trinajstić information content (AvgIpc) is 3.08. The molecule has 2 N–H and O–H groups in total. The molecule has 23 heavy (non-hydrogen) atoms. The number of ether oxygens (including phenoxy) is 2. The lowest BCUT2D eigenvalue weighted by atomic mass is 10.1. The van der Waals surface area contributed by atoms with Gasteiger partial charge in [-0.1, -0.05) is 6.07 Å². The van der Waals surface area contributed by atoms with Crippen LogP contribution in [0.3, 0.4) is 0 Å². The fraction of sp³-hybridized carbons (Fsp3) is 0.188. The summed E-state index contributed by atoms with van der Waals surface area (Å²) in [5.74, 6) is -1.63. The molecule has 2 aromatic rings. The van der Waals surface area contributed by atoms with Crippen LogP contribution < -0.4 is 5.32 Å². The largest absolute Gasteiger partial charge is 0.465 e. The van der Waals surface area contributed by atoms with E-state index in [4.69, 9.17) is 4.74 Å². The third kappa shape index (κ3) is 4.19. The number of hydrogen-bond donors (Lipinski definition) is 2. The summed E-state index contributed by atoms with van der Waals surface area (Å²) >= 11 is 0. The van der Waals surface area contributed by atoms with Crippen LogP contribution in [0.2, 0.25) is 0 Å². The van der Waals surface area contributed by atoms with Crippen molar-refractivity contribution >= 4 is 23.5 Å². The van der Waals surface area contributed by atoms with Gasteiger partial charge in [0, 0.05) is 11.9 Å². The molecule has 0 aliphatic rings. The molecule has 1 aromatic heterocycles. The zero-order valence-electron chi connectivity index (χ0n) is 12.7. The Labute approximate surface area is 132 Å². The van der Waals surface area contributed by atoms with Gasteiger partial charge in [-0.2, -0.15) is 0 Å². The van der Waals surface area contributed by atoms with Gasteiger partial charge >= 0.3 is 11.9 Å². The maximum Gasteiger partial charge on any atom is 0.355 e. The Morgan fingerprint density at radius 2 is 1.96 bits per heavy atom. The Balaban J connectivity index is 1.97. The number of rotatable bonds is 5. The summed E-state index contributed by atoms with van der Waals surface area (Å²) in [7, 11) is 1.28.